The third-order valence-electron chi connectivity index (χ3n) is 4.70. The van der Waals surface area contributed by atoms with E-state index in [9.17, 15) is 9.59 Å². The molecule has 0 radical (unpaired) electrons. The van der Waals surface area contributed by atoms with Gasteiger partial charge in [-0.25, -0.2) is 9.59 Å². The number of ether oxygens (including phenoxy) is 2. The first-order valence-corrected chi connectivity index (χ1v) is 8.23. The predicted octanol–water partition coefficient (Wildman–Crippen LogP) is 3.55. The van der Waals surface area contributed by atoms with Crippen molar-refractivity contribution >= 4 is 27.9 Å². The van der Waals surface area contributed by atoms with Crippen molar-refractivity contribution in [2.75, 3.05) is 14.2 Å². The Hall–Kier alpha value is -1.54. The molecule has 0 heterocycles. The molecule has 126 valence electrons. The zero-order valence-electron chi connectivity index (χ0n) is 14.1. The second kappa shape index (κ2) is 7.83. The Kier molecular flexibility index (Phi) is 6.64. The summed E-state index contributed by atoms with van der Waals surface area (Å²) in [4.78, 5) is 24.2. The molecule has 0 aromatic heterocycles. The zero-order valence-corrected chi connectivity index (χ0v) is 15.7. The molecule has 5 heteroatoms. The van der Waals surface area contributed by atoms with Gasteiger partial charge in [0, 0.05) is 11.8 Å². The smallest absolute Gasteiger partial charge is 0.334 e. The molecule has 0 spiro atoms. The van der Waals surface area contributed by atoms with Crippen molar-refractivity contribution < 1.29 is 19.1 Å². The summed E-state index contributed by atoms with van der Waals surface area (Å²) in [7, 11) is 2.50. The normalized spacial score (nSPS) is 16.2. The third kappa shape index (κ3) is 3.69. The molecule has 0 saturated carbocycles. The average molecular weight is 383 g/mol. The van der Waals surface area contributed by atoms with Crippen LogP contribution in [0.2, 0.25) is 0 Å². The molecule has 1 rings (SSSR count). The van der Waals surface area contributed by atoms with Crippen LogP contribution >= 0.6 is 15.9 Å². The Morgan fingerprint density at radius 3 is 2.04 bits per heavy atom. The van der Waals surface area contributed by atoms with Crippen LogP contribution in [0.1, 0.15) is 39.5 Å². The molecule has 1 aliphatic carbocycles. The maximum absolute atomic E-state index is 12.1. The second-order valence-corrected chi connectivity index (χ2v) is 7.12. The Morgan fingerprint density at radius 2 is 1.65 bits per heavy atom. The van der Waals surface area contributed by atoms with Gasteiger partial charge in [0.1, 0.15) is 0 Å². The summed E-state index contributed by atoms with van der Waals surface area (Å²) < 4.78 is 8.05. The van der Waals surface area contributed by atoms with Crippen LogP contribution in [0.3, 0.4) is 0 Å². The second-order valence-electron chi connectivity index (χ2n) is 5.77. The van der Waals surface area contributed by atoms with Gasteiger partial charge in [-0.15, -0.1) is 12.3 Å². The van der Waals surface area contributed by atoms with E-state index in [0.29, 0.717) is 12.8 Å². The van der Waals surface area contributed by atoms with Crippen LogP contribution in [0.5, 0.6) is 0 Å². The highest BCUT2D eigenvalue weighted by molar-refractivity contribution is 9.10. The molecule has 0 bridgehead atoms. The minimum absolute atomic E-state index is 0.229. The van der Waals surface area contributed by atoms with Crippen molar-refractivity contribution in [3.05, 3.63) is 23.3 Å². The highest BCUT2D eigenvalue weighted by Crippen LogP contribution is 2.49. The fraction of sp³-hybridized carbons (Fsp3) is 0.556. The predicted molar refractivity (Wildman–Crippen MR) is 92.9 cm³/mol. The number of halogens is 1. The molecule has 23 heavy (non-hydrogen) atoms. The number of hydrogen-bond acceptors (Lipinski definition) is 4. The van der Waals surface area contributed by atoms with E-state index in [2.05, 4.69) is 47.8 Å². The summed E-state index contributed by atoms with van der Waals surface area (Å²) in [6.45, 7) is 4.10. The van der Waals surface area contributed by atoms with Gasteiger partial charge in [0.25, 0.3) is 0 Å². The van der Waals surface area contributed by atoms with Crippen molar-refractivity contribution in [2.24, 2.45) is 5.41 Å². The van der Waals surface area contributed by atoms with E-state index in [1.54, 1.807) is 0 Å². The Balaban J connectivity index is 3.08. The fourth-order valence-corrected chi connectivity index (χ4v) is 3.60. The number of alkyl halides is 1. The number of methoxy groups -OCH3 is 2. The summed E-state index contributed by atoms with van der Waals surface area (Å²) in [6, 6.07) is 0. The van der Waals surface area contributed by atoms with Crippen LogP contribution in [-0.2, 0) is 19.1 Å². The van der Waals surface area contributed by atoms with Gasteiger partial charge in [0.2, 0.25) is 4.32 Å². The number of esters is 2. The van der Waals surface area contributed by atoms with E-state index in [1.165, 1.54) is 25.4 Å². The van der Waals surface area contributed by atoms with Crippen LogP contribution in [-0.4, -0.2) is 30.5 Å². The molecular formula is C18H23BrO4. The quantitative estimate of drug-likeness (QED) is 0.292. The first kappa shape index (κ1) is 19.5. The van der Waals surface area contributed by atoms with Gasteiger partial charge in [-0.2, -0.15) is 0 Å². The lowest BCUT2D eigenvalue weighted by Crippen LogP contribution is -2.43. The van der Waals surface area contributed by atoms with Gasteiger partial charge in [0.15, 0.2) is 0 Å². The van der Waals surface area contributed by atoms with Crippen molar-refractivity contribution in [1.29, 1.82) is 0 Å². The average Bonchev–Trinajstić information content (AvgIpc) is 2.84. The lowest BCUT2D eigenvalue weighted by Gasteiger charge is -2.35. The molecule has 0 aromatic rings. The van der Waals surface area contributed by atoms with Gasteiger partial charge in [-0.05, 0) is 33.1 Å². The molecular weight excluding hydrogens is 360 g/mol. The Labute approximate surface area is 146 Å². The van der Waals surface area contributed by atoms with Gasteiger partial charge >= 0.3 is 11.9 Å². The minimum Gasteiger partial charge on any atom is -0.468 e. The van der Waals surface area contributed by atoms with Crippen LogP contribution in [0.4, 0.5) is 0 Å². The molecule has 0 N–H and O–H groups in total. The zero-order chi connectivity index (χ0) is 17.7. The molecule has 0 amide bonds. The minimum atomic E-state index is -1.50. The fourth-order valence-electron chi connectivity index (χ4n) is 3.08. The summed E-state index contributed by atoms with van der Waals surface area (Å²) >= 11 is 3.25. The van der Waals surface area contributed by atoms with E-state index in [-0.39, 0.29) is 11.8 Å². The molecule has 0 fully saturated rings. The summed E-state index contributed by atoms with van der Waals surface area (Å²) in [5, 5.41) is 0. The van der Waals surface area contributed by atoms with E-state index in [1.807, 2.05) is 0 Å². The van der Waals surface area contributed by atoms with Crippen LogP contribution in [0, 0.1) is 17.8 Å². The van der Waals surface area contributed by atoms with E-state index in [0.717, 1.165) is 6.42 Å². The van der Waals surface area contributed by atoms with Crippen molar-refractivity contribution in [2.45, 2.75) is 43.9 Å². The van der Waals surface area contributed by atoms with Crippen molar-refractivity contribution in [3.8, 4) is 12.3 Å². The molecule has 1 aliphatic rings. The lowest BCUT2D eigenvalue weighted by molar-refractivity contribution is -0.156. The highest BCUT2D eigenvalue weighted by atomic mass is 79.9. The number of rotatable bonds is 7. The molecule has 4 nitrogen and oxygen atoms in total. The monoisotopic (exact) mass is 382 g/mol. The number of carbonyl (C=O) groups is 2. The number of allylic oxidation sites excluding steroid dienone is 4. The maximum Gasteiger partial charge on any atom is 0.334 e. The SMILES string of the molecule is C#CCCC1(CCC(Br)(C(=O)OC)C(=O)OC)C(C)=CC=C1C. The number of carbonyl (C=O) groups excluding carboxylic acids is 2. The molecule has 0 aliphatic heterocycles. The number of terminal acetylenes is 1. The third-order valence-corrected chi connectivity index (χ3v) is 5.75. The Morgan fingerprint density at radius 1 is 1.17 bits per heavy atom. The first-order valence-electron chi connectivity index (χ1n) is 7.44. The maximum atomic E-state index is 12.1. The van der Waals surface area contributed by atoms with Gasteiger partial charge < -0.3 is 9.47 Å². The standard InChI is InChI=1S/C18H23BrO4/c1-6-7-10-17(13(2)8-9-14(17)3)11-12-18(19,15(20)22-4)16(21)23-5/h1,8-9H,7,10-12H2,2-5H3. The topological polar surface area (TPSA) is 52.6 Å². The Bertz CT molecular complexity index is 546. The van der Waals surface area contributed by atoms with Crippen molar-refractivity contribution in [1.82, 2.24) is 0 Å². The first-order chi connectivity index (χ1) is 10.8. The molecule has 0 atom stereocenters. The summed E-state index contributed by atoms with van der Waals surface area (Å²) in [6.07, 6.45) is 11.8. The highest BCUT2D eigenvalue weighted by Gasteiger charge is 2.48. The summed E-state index contributed by atoms with van der Waals surface area (Å²) in [5.74, 6) is 1.37. The largest absolute Gasteiger partial charge is 0.468 e. The van der Waals surface area contributed by atoms with Crippen molar-refractivity contribution in [3.63, 3.8) is 0 Å². The van der Waals surface area contributed by atoms with Gasteiger partial charge in [0.05, 0.1) is 14.2 Å². The van der Waals surface area contributed by atoms with Crippen LogP contribution < -0.4 is 0 Å². The van der Waals surface area contributed by atoms with E-state index < -0.39 is 16.3 Å². The lowest BCUT2D eigenvalue weighted by atomic mass is 9.70. The summed E-state index contributed by atoms with van der Waals surface area (Å²) in [5.41, 5.74) is 2.15. The molecule has 0 unspecified atom stereocenters. The van der Waals surface area contributed by atoms with Crippen LogP contribution in [0.15, 0.2) is 23.3 Å². The number of hydrogen-bond donors (Lipinski definition) is 0. The van der Waals surface area contributed by atoms with Crippen LogP contribution in [0.25, 0.3) is 0 Å². The van der Waals surface area contributed by atoms with Gasteiger partial charge in [-0.1, -0.05) is 39.2 Å². The van der Waals surface area contributed by atoms with Gasteiger partial charge in [-0.3, -0.25) is 0 Å². The molecule has 0 saturated heterocycles. The van der Waals surface area contributed by atoms with E-state index >= 15 is 0 Å². The molecule has 0 aromatic carbocycles. The van der Waals surface area contributed by atoms with E-state index in [4.69, 9.17) is 15.9 Å².